The van der Waals surface area contributed by atoms with Crippen molar-refractivity contribution in [1.82, 2.24) is 14.9 Å². The molecule has 0 spiro atoms. The lowest BCUT2D eigenvalue weighted by Gasteiger charge is -2.36. The molecule has 3 aromatic heterocycles. The molecule has 2 aliphatic heterocycles. The predicted molar refractivity (Wildman–Crippen MR) is 119 cm³/mol. The average molecular weight is 406 g/mol. The van der Waals surface area contributed by atoms with Crippen LogP contribution < -0.4 is 20.1 Å². The van der Waals surface area contributed by atoms with Gasteiger partial charge in [0.1, 0.15) is 5.82 Å². The second-order valence-electron chi connectivity index (χ2n) is 7.91. The Morgan fingerprint density at radius 1 is 0.833 bits per heavy atom. The Bertz CT molecular complexity index is 1070. The fourth-order valence-electron chi connectivity index (χ4n) is 4.15. The van der Waals surface area contributed by atoms with E-state index in [9.17, 15) is 4.79 Å². The molecule has 2 aliphatic rings. The Morgan fingerprint density at radius 3 is 2.30 bits per heavy atom. The summed E-state index contributed by atoms with van der Waals surface area (Å²) >= 11 is 0. The van der Waals surface area contributed by atoms with Gasteiger partial charge in [-0.15, -0.1) is 0 Å². The highest BCUT2D eigenvalue weighted by atomic mass is 16.4. The quantitative estimate of drug-likeness (QED) is 0.651. The van der Waals surface area contributed by atoms with Gasteiger partial charge in [0.15, 0.2) is 22.7 Å². The van der Waals surface area contributed by atoms with Gasteiger partial charge in [-0.05, 0) is 25.2 Å². The number of hydrogen-bond acceptors (Lipinski definition) is 8. The third-order valence-electron chi connectivity index (χ3n) is 5.98. The van der Waals surface area contributed by atoms with Gasteiger partial charge in [-0.25, -0.2) is 9.97 Å². The predicted octanol–water partition coefficient (Wildman–Crippen LogP) is 1.66. The molecule has 0 radical (unpaired) electrons. The molecule has 8 nitrogen and oxygen atoms in total. The fraction of sp³-hybridized carbons (Fsp3) is 0.409. The Balaban J connectivity index is 1.42. The van der Waals surface area contributed by atoms with Gasteiger partial charge in [-0.3, -0.25) is 4.79 Å². The SMILES string of the molecule is CN1CCN(c2cc(=O)c3ccnc(N4CCN(c5ccccn5)CC4)c3o2)CC1. The Morgan fingerprint density at radius 2 is 1.57 bits per heavy atom. The van der Waals surface area contributed by atoms with Crippen molar-refractivity contribution in [3.05, 3.63) is 52.9 Å². The maximum atomic E-state index is 12.8. The highest BCUT2D eigenvalue weighted by Gasteiger charge is 2.24. The van der Waals surface area contributed by atoms with Crippen molar-refractivity contribution in [2.24, 2.45) is 0 Å². The van der Waals surface area contributed by atoms with Crippen LogP contribution in [0.5, 0.6) is 0 Å². The largest absolute Gasteiger partial charge is 0.436 e. The van der Waals surface area contributed by atoms with Crippen LogP contribution in [0.25, 0.3) is 11.0 Å². The molecule has 0 N–H and O–H groups in total. The van der Waals surface area contributed by atoms with Gasteiger partial charge in [-0.1, -0.05) is 6.07 Å². The second kappa shape index (κ2) is 7.95. The van der Waals surface area contributed by atoms with Crippen molar-refractivity contribution in [1.29, 1.82) is 0 Å². The van der Waals surface area contributed by atoms with Crippen molar-refractivity contribution < 1.29 is 4.42 Å². The van der Waals surface area contributed by atoms with Crippen LogP contribution in [0.1, 0.15) is 0 Å². The molecule has 5 rings (SSSR count). The van der Waals surface area contributed by atoms with Crippen LogP contribution >= 0.6 is 0 Å². The number of pyridine rings is 2. The third-order valence-corrected chi connectivity index (χ3v) is 5.98. The molecule has 0 unspecified atom stereocenters. The van der Waals surface area contributed by atoms with Crippen molar-refractivity contribution in [3.8, 4) is 0 Å². The first kappa shape index (κ1) is 18.9. The number of rotatable bonds is 3. The molecule has 5 heterocycles. The summed E-state index contributed by atoms with van der Waals surface area (Å²) in [5.74, 6) is 2.38. The average Bonchev–Trinajstić information content (AvgIpc) is 2.80. The molecule has 3 aromatic rings. The smallest absolute Gasteiger partial charge is 0.200 e. The van der Waals surface area contributed by atoms with E-state index in [0.717, 1.165) is 64.0 Å². The zero-order chi connectivity index (χ0) is 20.5. The second-order valence-corrected chi connectivity index (χ2v) is 7.91. The molecule has 2 fully saturated rings. The van der Waals surface area contributed by atoms with Gasteiger partial charge in [0.25, 0.3) is 0 Å². The summed E-state index contributed by atoms with van der Waals surface area (Å²) in [4.78, 5) is 30.8. The maximum absolute atomic E-state index is 12.8. The molecule has 156 valence electrons. The molecule has 8 heteroatoms. The summed E-state index contributed by atoms with van der Waals surface area (Å²) in [6, 6.07) is 9.35. The van der Waals surface area contributed by atoms with Gasteiger partial charge >= 0.3 is 0 Å². The van der Waals surface area contributed by atoms with Gasteiger partial charge < -0.3 is 24.0 Å². The molecule has 0 bridgehead atoms. The van der Waals surface area contributed by atoms with E-state index < -0.39 is 0 Å². The molecular weight excluding hydrogens is 380 g/mol. The zero-order valence-corrected chi connectivity index (χ0v) is 17.2. The first-order chi connectivity index (χ1) is 14.7. The van der Waals surface area contributed by atoms with E-state index in [1.54, 1.807) is 18.3 Å². The van der Waals surface area contributed by atoms with Crippen LogP contribution in [-0.2, 0) is 0 Å². The lowest BCUT2D eigenvalue weighted by Crippen LogP contribution is -2.47. The van der Waals surface area contributed by atoms with Gasteiger partial charge in [0.2, 0.25) is 0 Å². The number of fused-ring (bicyclic) bond motifs is 1. The van der Waals surface area contributed by atoms with E-state index in [-0.39, 0.29) is 5.43 Å². The lowest BCUT2D eigenvalue weighted by atomic mass is 10.2. The summed E-state index contributed by atoms with van der Waals surface area (Å²) in [7, 11) is 2.11. The maximum Gasteiger partial charge on any atom is 0.200 e. The van der Waals surface area contributed by atoms with Gasteiger partial charge in [0, 0.05) is 70.8 Å². The monoisotopic (exact) mass is 406 g/mol. The van der Waals surface area contributed by atoms with Crippen LogP contribution in [0.2, 0.25) is 0 Å². The fourth-order valence-corrected chi connectivity index (χ4v) is 4.15. The molecule has 0 aliphatic carbocycles. The van der Waals surface area contributed by atoms with E-state index in [0.29, 0.717) is 16.9 Å². The van der Waals surface area contributed by atoms with Gasteiger partial charge in [0.05, 0.1) is 5.39 Å². The first-order valence-electron chi connectivity index (χ1n) is 10.5. The Hall–Kier alpha value is -3.13. The molecular formula is C22H26N6O2. The third kappa shape index (κ3) is 3.59. The van der Waals surface area contributed by atoms with E-state index in [1.165, 1.54) is 0 Å². The number of hydrogen-bond donors (Lipinski definition) is 0. The molecule has 0 amide bonds. The minimum atomic E-state index is -0.0130. The number of likely N-dealkylation sites (N-methyl/N-ethyl adjacent to an activating group) is 1. The molecule has 0 aromatic carbocycles. The van der Waals surface area contributed by atoms with Crippen LogP contribution in [0.15, 0.2) is 51.9 Å². The minimum Gasteiger partial charge on any atom is -0.436 e. The van der Waals surface area contributed by atoms with Crippen LogP contribution in [0.4, 0.5) is 17.5 Å². The highest BCUT2D eigenvalue weighted by molar-refractivity contribution is 5.87. The molecule has 0 atom stereocenters. The number of aromatic nitrogens is 2. The van der Waals surface area contributed by atoms with Crippen LogP contribution in [0, 0.1) is 0 Å². The highest BCUT2D eigenvalue weighted by Crippen LogP contribution is 2.28. The summed E-state index contributed by atoms with van der Waals surface area (Å²) in [6.45, 7) is 6.89. The van der Waals surface area contributed by atoms with E-state index >= 15 is 0 Å². The van der Waals surface area contributed by atoms with Crippen molar-refractivity contribution in [3.63, 3.8) is 0 Å². The summed E-state index contributed by atoms with van der Waals surface area (Å²) in [6.07, 6.45) is 3.53. The van der Waals surface area contributed by atoms with Gasteiger partial charge in [-0.2, -0.15) is 0 Å². The number of piperazine rings is 2. The lowest BCUT2D eigenvalue weighted by molar-refractivity contribution is 0.306. The first-order valence-corrected chi connectivity index (χ1v) is 10.5. The van der Waals surface area contributed by atoms with Crippen molar-refractivity contribution in [2.75, 3.05) is 74.1 Å². The molecule has 30 heavy (non-hydrogen) atoms. The summed E-state index contributed by atoms with van der Waals surface area (Å²) in [5, 5.41) is 0.588. The van der Waals surface area contributed by atoms with E-state index in [4.69, 9.17) is 4.42 Å². The number of nitrogens with zero attached hydrogens (tertiary/aromatic N) is 6. The zero-order valence-electron chi connectivity index (χ0n) is 17.2. The Labute approximate surface area is 175 Å². The van der Waals surface area contributed by atoms with Crippen LogP contribution in [0.3, 0.4) is 0 Å². The number of anilines is 3. The van der Waals surface area contributed by atoms with Crippen molar-refractivity contribution >= 4 is 28.5 Å². The standard InChI is InChI=1S/C22H26N6O2/c1-25-8-10-27(11-9-25)20-16-18(29)17-5-7-24-22(21(17)30-20)28-14-12-26(13-15-28)19-4-2-3-6-23-19/h2-7,16H,8-15H2,1H3. The van der Waals surface area contributed by atoms with Crippen LogP contribution in [-0.4, -0.2) is 74.3 Å². The Kier molecular flexibility index (Phi) is 5.00. The molecule has 2 saturated heterocycles. The minimum absolute atomic E-state index is 0.0130. The summed E-state index contributed by atoms with van der Waals surface area (Å²) in [5.41, 5.74) is 0.575. The van der Waals surface area contributed by atoms with E-state index in [2.05, 4.69) is 36.6 Å². The summed E-state index contributed by atoms with van der Waals surface area (Å²) < 4.78 is 6.29. The normalized spacial score (nSPS) is 18.2. The molecule has 0 saturated carbocycles. The van der Waals surface area contributed by atoms with E-state index in [1.807, 2.05) is 24.4 Å². The topological polar surface area (TPSA) is 69.0 Å². The van der Waals surface area contributed by atoms with Crippen molar-refractivity contribution in [2.45, 2.75) is 0 Å².